The number of benzene rings is 1. The van der Waals surface area contributed by atoms with Gasteiger partial charge in [-0.2, -0.15) is 0 Å². The number of aliphatic hydroxyl groups excluding tert-OH is 1. The van der Waals surface area contributed by atoms with Crippen molar-refractivity contribution < 1.29 is 13.9 Å². The average molecular weight is 252 g/mol. The maximum atomic E-state index is 13.1. The molecular weight excluding hydrogens is 244 g/mol. The molecule has 2 nitrogen and oxygen atoms in total. The molecule has 3 N–H and O–H groups in total. The van der Waals surface area contributed by atoms with Crippen LogP contribution >= 0.6 is 15.9 Å². The van der Waals surface area contributed by atoms with E-state index in [1.165, 1.54) is 0 Å². The fourth-order valence-electron chi connectivity index (χ4n) is 0.990. The van der Waals surface area contributed by atoms with Gasteiger partial charge in [0.05, 0.1) is 11.7 Å². The highest BCUT2D eigenvalue weighted by molar-refractivity contribution is 9.10. The number of rotatable bonds is 2. The van der Waals surface area contributed by atoms with Gasteiger partial charge in [-0.25, -0.2) is 8.78 Å². The van der Waals surface area contributed by atoms with Crippen molar-refractivity contribution in [3.63, 3.8) is 0 Å². The van der Waals surface area contributed by atoms with Crippen LogP contribution in [0.15, 0.2) is 16.6 Å². The van der Waals surface area contributed by atoms with Crippen LogP contribution in [0.25, 0.3) is 0 Å². The molecule has 0 aromatic heterocycles. The van der Waals surface area contributed by atoms with E-state index in [9.17, 15) is 8.78 Å². The first-order valence-electron chi connectivity index (χ1n) is 3.59. The molecule has 1 rings (SSSR count). The van der Waals surface area contributed by atoms with E-state index >= 15 is 0 Å². The van der Waals surface area contributed by atoms with Crippen molar-refractivity contribution in [3.05, 3.63) is 33.8 Å². The molecule has 0 fully saturated rings. The van der Waals surface area contributed by atoms with Gasteiger partial charge in [0.25, 0.3) is 0 Å². The van der Waals surface area contributed by atoms with Crippen molar-refractivity contribution in [2.24, 2.45) is 5.73 Å². The van der Waals surface area contributed by atoms with Crippen molar-refractivity contribution in [1.82, 2.24) is 0 Å². The normalized spacial score (nSPS) is 13.0. The molecule has 1 aromatic rings. The summed E-state index contributed by atoms with van der Waals surface area (Å²) < 4.78 is 26.4. The lowest BCUT2D eigenvalue weighted by atomic mass is 10.1. The van der Waals surface area contributed by atoms with Crippen molar-refractivity contribution in [2.75, 3.05) is 6.54 Å². The van der Waals surface area contributed by atoms with Gasteiger partial charge in [0.1, 0.15) is 11.6 Å². The highest BCUT2D eigenvalue weighted by Gasteiger charge is 2.17. The van der Waals surface area contributed by atoms with Gasteiger partial charge in [-0.05, 0) is 12.1 Å². The molecule has 0 radical (unpaired) electrons. The Morgan fingerprint density at radius 2 is 1.85 bits per heavy atom. The Morgan fingerprint density at radius 1 is 1.38 bits per heavy atom. The number of aliphatic hydroxyl groups is 1. The van der Waals surface area contributed by atoms with Gasteiger partial charge in [-0.1, -0.05) is 15.9 Å². The molecule has 0 saturated carbocycles. The molecule has 0 aliphatic carbocycles. The average Bonchev–Trinajstić information content (AvgIpc) is 2.02. The molecule has 0 unspecified atom stereocenters. The Hall–Kier alpha value is -0.520. The lowest BCUT2D eigenvalue weighted by Gasteiger charge is -2.10. The maximum Gasteiger partial charge on any atom is 0.133 e. The SMILES string of the molecule is NC[C@@H](O)c1c(F)cc(Br)cc1F. The Bertz CT molecular complexity index is 296. The summed E-state index contributed by atoms with van der Waals surface area (Å²) in [4.78, 5) is 0. The van der Waals surface area contributed by atoms with Crippen molar-refractivity contribution in [3.8, 4) is 0 Å². The first-order chi connectivity index (χ1) is 6.06. The standard InChI is InChI=1S/C8H8BrF2NO/c9-4-1-5(10)8(6(11)2-4)7(13)3-12/h1-2,7,13H,3,12H2/t7-/m1/s1. The molecule has 0 heterocycles. The van der Waals surface area contributed by atoms with Gasteiger partial charge >= 0.3 is 0 Å². The van der Waals surface area contributed by atoms with Crippen molar-refractivity contribution in [1.29, 1.82) is 0 Å². The molecule has 0 amide bonds. The van der Waals surface area contributed by atoms with Crippen LogP contribution in [0.4, 0.5) is 8.78 Å². The summed E-state index contributed by atoms with van der Waals surface area (Å²) in [6.45, 7) is -0.213. The third-order valence-electron chi connectivity index (χ3n) is 1.60. The van der Waals surface area contributed by atoms with Gasteiger partial charge < -0.3 is 10.8 Å². The molecule has 0 saturated heterocycles. The van der Waals surface area contributed by atoms with Crippen LogP contribution in [-0.4, -0.2) is 11.7 Å². The van der Waals surface area contributed by atoms with Crippen LogP contribution in [0, 0.1) is 11.6 Å². The van der Waals surface area contributed by atoms with E-state index in [0.717, 1.165) is 12.1 Å². The fraction of sp³-hybridized carbons (Fsp3) is 0.250. The van der Waals surface area contributed by atoms with E-state index in [-0.39, 0.29) is 16.6 Å². The van der Waals surface area contributed by atoms with Crippen LogP contribution in [0.5, 0.6) is 0 Å². The van der Waals surface area contributed by atoms with Gasteiger partial charge in [0.2, 0.25) is 0 Å². The summed E-state index contributed by atoms with van der Waals surface area (Å²) in [6.07, 6.45) is -1.30. The van der Waals surface area contributed by atoms with Crippen molar-refractivity contribution >= 4 is 15.9 Å². The Balaban J connectivity index is 3.20. The van der Waals surface area contributed by atoms with Crippen molar-refractivity contribution in [2.45, 2.75) is 6.10 Å². The summed E-state index contributed by atoms with van der Waals surface area (Å²) in [5.74, 6) is -1.60. The molecule has 1 atom stereocenters. The Labute approximate surface area is 82.5 Å². The van der Waals surface area contributed by atoms with E-state index in [0.29, 0.717) is 0 Å². The molecule has 13 heavy (non-hydrogen) atoms. The van der Waals surface area contributed by atoms with Crippen LogP contribution in [-0.2, 0) is 0 Å². The van der Waals surface area contributed by atoms with E-state index in [1.807, 2.05) is 0 Å². The third kappa shape index (κ3) is 2.24. The first-order valence-corrected chi connectivity index (χ1v) is 4.38. The Morgan fingerprint density at radius 3 is 2.23 bits per heavy atom. The number of halogens is 3. The van der Waals surface area contributed by atoms with Gasteiger partial charge in [0, 0.05) is 11.0 Å². The summed E-state index contributed by atoms with van der Waals surface area (Å²) >= 11 is 2.93. The number of hydrogen-bond acceptors (Lipinski definition) is 2. The van der Waals surface area contributed by atoms with E-state index < -0.39 is 17.7 Å². The lowest BCUT2D eigenvalue weighted by Crippen LogP contribution is -2.14. The first kappa shape index (κ1) is 10.6. The zero-order valence-corrected chi connectivity index (χ0v) is 8.18. The molecule has 5 heteroatoms. The zero-order valence-electron chi connectivity index (χ0n) is 6.60. The topological polar surface area (TPSA) is 46.2 Å². The minimum absolute atomic E-state index is 0.213. The van der Waals surface area contributed by atoms with Gasteiger partial charge in [-0.15, -0.1) is 0 Å². The molecule has 0 spiro atoms. The van der Waals surface area contributed by atoms with Crippen LogP contribution in [0.3, 0.4) is 0 Å². The quantitative estimate of drug-likeness (QED) is 0.841. The molecule has 0 bridgehead atoms. The lowest BCUT2D eigenvalue weighted by molar-refractivity contribution is 0.176. The van der Waals surface area contributed by atoms with E-state index in [4.69, 9.17) is 10.8 Å². The number of nitrogens with two attached hydrogens (primary N) is 1. The third-order valence-corrected chi connectivity index (χ3v) is 2.06. The molecular formula is C8H8BrF2NO. The van der Waals surface area contributed by atoms with E-state index in [1.54, 1.807) is 0 Å². The second-order valence-corrected chi connectivity index (χ2v) is 3.45. The minimum atomic E-state index is -1.30. The second kappa shape index (κ2) is 4.13. The zero-order chi connectivity index (χ0) is 10.0. The predicted molar refractivity (Wildman–Crippen MR) is 48.1 cm³/mol. The van der Waals surface area contributed by atoms with E-state index in [2.05, 4.69) is 15.9 Å². The molecule has 0 aliphatic heterocycles. The summed E-state index contributed by atoms with van der Waals surface area (Å²) in [5, 5.41) is 9.16. The van der Waals surface area contributed by atoms with Gasteiger partial charge in [-0.3, -0.25) is 0 Å². The summed E-state index contributed by atoms with van der Waals surface area (Å²) in [5.41, 5.74) is 4.70. The molecule has 1 aromatic carbocycles. The minimum Gasteiger partial charge on any atom is -0.387 e. The largest absolute Gasteiger partial charge is 0.387 e. The van der Waals surface area contributed by atoms with Gasteiger partial charge in [0.15, 0.2) is 0 Å². The van der Waals surface area contributed by atoms with Crippen LogP contribution < -0.4 is 5.73 Å². The Kier molecular flexibility index (Phi) is 3.35. The second-order valence-electron chi connectivity index (χ2n) is 2.53. The molecule has 0 aliphatic rings. The fourth-order valence-corrected chi connectivity index (χ4v) is 1.39. The number of hydrogen-bond donors (Lipinski definition) is 2. The highest BCUT2D eigenvalue weighted by Crippen LogP contribution is 2.24. The van der Waals surface area contributed by atoms with Crippen LogP contribution in [0.1, 0.15) is 11.7 Å². The molecule has 72 valence electrons. The maximum absolute atomic E-state index is 13.1. The predicted octanol–water partition coefficient (Wildman–Crippen LogP) is 1.72. The highest BCUT2D eigenvalue weighted by atomic mass is 79.9. The summed E-state index contributed by atoms with van der Waals surface area (Å²) in [6, 6.07) is 2.16. The monoisotopic (exact) mass is 251 g/mol. The van der Waals surface area contributed by atoms with Crippen LogP contribution in [0.2, 0.25) is 0 Å². The summed E-state index contributed by atoms with van der Waals surface area (Å²) in [7, 11) is 0. The smallest absolute Gasteiger partial charge is 0.133 e.